The lowest BCUT2D eigenvalue weighted by Crippen LogP contribution is -2.40. The van der Waals surface area contributed by atoms with Crippen molar-refractivity contribution in [3.8, 4) is 0 Å². The lowest BCUT2D eigenvalue weighted by Gasteiger charge is -2.37. The molecule has 132 valence electrons. The molecule has 1 saturated heterocycles. The van der Waals surface area contributed by atoms with Crippen LogP contribution in [0.5, 0.6) is 0 Å². The van der Waals surface area contributed by atoms with Crippen molar-refractivity contribution in [1.29, 1.82) is 0 Å². The van der Waals surface area contributed by atoms with E-state index >= 15 is 0 Å². The van der Waals surface area contributed by atoms with Gasteiger partial charge in [-0.2, -0.15) is 10.1 Å². The smallest absolute Gasteiger partial charge is 0.272 e. The van der Waals surface area contributed by atoms with Crippen LogP contribution in [-0.2, 0) is 9.59 Å². The van der Waals surface area contributed by atoms with Crippen LogP contribution in [0, 0.1) is 52.5 Å². The Morgan fingerprint density at radius 1 is 1.15 bits per heavy atom. The van der Waals surface area contributed by atoms with Gasteiger partial charge in [-0.3, -0.25) is 19.7 Å². The highest BCUT2D eigenvalue weighted by atomic mass is 16.6. The highest BCUT2D eigenvalue weighted by Crippen LogP contribution is 2.65. The largest absolute Gasteiger partial charge is 0.272 e. The van der Waals surface area contributed by atoms with Gasteiger partial charge in [-0.25, -0.2) is 0 Å². The van der Waals surface area contributed by atoms with E-state index in [4.69, 9.17) is 0 Å². The maximum atomic E-state index is 12.8. The summed E-state index contributed by atoms with van der Waals surface area (Å²) in [6.07, 6.45) is 6.70. The lowest BCUT2D eigenvalue weighted by molar-refractivity contribution is -0.385. The van der Waals surface area contributed by atoms with Gasteiger partial charge in [-0.05, 0) is 37.0 Å². The van der Waals surface area contributed by atoms with Crippen LogP contribution in [0.2, 0.25) is 0 Å². The molecule has 0 radical (unpaired) electrons. The van der Waals surface area contributed by atoms with E-state index in [1.54, 1.807) is 19.1 Å². The van der Waals surface area contributed by atoms with E-state index in [-0.39, 0.29) is 41.2 Å². The highest BCUT2D eigenvalue weighted by Gasteiger charge is 2.67. The third kappa shape index (κ3) is 1.97. The molecule has 0 N–H and O–H groups in total. The third-order valence-electron chi connectivity index (χ3n) is 6.39. The minimum absolute atomic E-state index is 0.0102. The number of imide groups is 1. The molecular weight excluding hydrogens is 334 g/mol. The van der Waals surface area contributed by atoms with Crippen LogP contribution in [-0.4, -0.2) is 28.0 Å². The molecule has 2 amide bonds. The maximum absolute atomic E-state index is 12.8. The van der Waals surface area contributed by atoms with Gasteiger partial charge in [0.2, 0.25) is 0 Å². The van der Waals surface area contributed by atoms with E-state index in [0.717, 1.165) is 11.4 Å². The van der Waals surface area contributed by atoms with E-state index in [1.807, 2.05) is 0 Å². The van der Waals surface area contributed by atoms with Crippen molar-refractivity contribution < 1.29 is 14.5 Å². The molecule has 7 heteroatoms. The van der Waals surface area contributed by atoms with Crippen molar-refractivity contribution in [1.82, 2.24) is 5.01 Å². The Morgan fingerprint density at radius 2 is 1.77 bits per heavy atom. The molecule has 26 heavy (non-hydrogen) atoms. The molecule has 1 aromatic carbocycles. The number of hydrazone groups is 1. The zero-order chi connectivity index (χ0) is 18.2. The Bertz CT molecular complexity index is 885. The topological polar surface area (TPSA) is 92.9 Å². The van der Waals surface area contributed by atoms with Crippen LogP contribution in [0.25, 0.3) is 0 Å². The molecular formula is C19H17N3O4. The molecule has 2 saturated carbocycles. The highest BCUT2D eigenvalue weighted by molar-refractivity contribution is 6.06. The summed E-state index contributed by atoms with van der Waals surface area (Å²) in [5.41, 5.74) is 1.03. The van der Waals surface area contributed by atoms with Crippen molar-refractivity contribution in [2.24, 2.45) is 40.6 Å². The fraction of sp³-hybridized carbons (Fsp3) is 0.421. The number of aryl methyl sites for hydroxylation is 1. The monoisotopic (exact) mass is 351 g/mol. The molecule has 0 spiro atoms. The molecule has 2 bridgehead atoms. The minimum Gasteiger partial charge on any atom is -0.272 e. The van der Waals surface area contributed by atoms with Crippen LogP contribution >= 0.6 is 0 Å². The van der Waals surface area contributed by atoms with Crippen LogP contribution in [0.3, 0.4) is 0 Å². The van der Waals surface area contributed by atoms with Crippen molar-refractivity contribution in [2.45, 2.75) is 13.3 Å². The molecule has 1 aromatic rings. The van der Waals surface area contributed by atoms with Gasteiger partial charge < -0.3 is 0 Å². The van der Waals surface area contributed by atoms with Crippen molar-refractivity contribution in [3.63, 3.8) is 0 Å². The third-order valence-corrected chi connectivity index (χ3v) is 6.39. The van der Waals surface area contributed by atoms with E-state index in [9.17, 15) is 19.7 Å². The summed E-state index contributed by atoms with van der Waals surface area (Å²) in [5.74, 6) is 0.374. The predicted octanol–water partition coefficient (Wildman–Crippen LogP) is 2.29. The second-order valence-electron chi connectivity index (χ2n) is 7.69. The number of allylic oxidation sites excluding steroid dienone is 2. The van der Waals surface area contributed by atoms with Gasteiger partial charge in [0.1, 0.15) is 0 Å². The van der Waals surface area contributed by atoms with Crippen LogP contribution in [0.1, 0.15) is 17.5 Å². The molecule has 6 atom stereocenters. The van der Waals surface area contributed by atoms with Gasteiger partial charge in [0, 0.05) is 17.2 Å². The number of rotatable bonds is 3. The van der Waals surface area contributed by atoms with Crippen molar-refractivity contribution in [2.75, 3.05) is 0 Å². The van der Waals surface area contributed by atoms with E-state index in [2.05, 4.69) is 17.3 Å². The predicted molar refractivity (Wildman–Crippen MR) is 92.0 cm³/mol. The SMILES string of the molecule is Cc1ccc(/C=N\N2C(=O)[C@@H]3[C@@H]4C=C[C@H]([C@@H]5C[C@H]45)[C@@H]3C2=O)cc1[N+](=O)[O-]. The number of nitro groups is 1. The summed E-state index contributed by atoms with van der Waals surface area (Å²) in [6, 6.07) is 4.71. The molecule has 6 rings (SSSR count). The van der Waals surface area contributed by atoms with Gasteiger partial charge >= 0.3 is 0 Å². The number of benzene rings is 1. The first kappa shape index (κ1) is 15.4. The van der Waals surface area contributed by atoms with Crippen LogP contribution < -0.4 is 0 Å². The number of carbonyl (C=O) groups excluding carboxylic acids is 2. The molecule has 3 fully saturated rings. The Kier molecular flexibility index (Phi) is 3.02. The summed E-state index contributed by atoms with van der Waals surface area (Å²) in [7, 11) is 0. The number of hydrogen-bond donors (Lipinski definition) is 0. The zero-order valence-electron chi connectivity index (χ0n) is 14.1. The van der Waals surface area contributed by atoms with Gasteiger partial charge in [-0.15, -0.1) is 0 Å². The molecule has 0 unspecified atom stereocenters. The van der Waals surface area contributed by atoms with E-state index in [1.165, 1.54) is 12.3 Å². The van der Waals surface area contributed by atoms with Crippen LogP contribution in [0.15, 0.2) is 35.5 Å². The Morgan fingerprint density at radius 3 is 2.35 bits per heavy atom. The number of hydrogen-bond acceptors (Lipinski definition) is 5. The van der Waals surface area contributed by atoms with Crippen LogP contribution in [0.4, 0.5) is 5.69 Å². The maximum Gasteiger partial charge on any atom is 0.272 e. The number of nitro benzene ring substituents is 1. The minimum atomic E-state index is -0.455. The van der Waals surface area contributed by atoms with Gasteiger partial charge in [0.15, 0.2) is 0 Å². The molecule has 1 aliphatic heterocycles. The second-order valence-corrected chi connectivity index (χ2v) is 7.69. The first-order valence-corrected chi connectivity index (χ1v) is 8.82. The lowest BCUT2D eigenvalue weighted by atomic mass is 9.63. The zero-order valence-corrected chi connectivity index (χ0v) is 14.1. The molecule has 4 aliphatic carbocycles. The van der Waals surface area contributed by atoms with E-state index in [0.29, 0.717) is 23.0 Å². The molecule has 7 nitrogen and oxygen atoms in total. The van der Waals surface area contributed by atoms with Gasteiger partial charge in [-0.1, -0.05) is 24.3 Å². The van der Waals surface area contributed by atoms with Gasteiger partial charge in [0.25, 0.3) is 17.5 Å². The molecule has 0 aromatic heterocycles. The molecule has 5 aliphatic rings. The fourth-order valence-corrected chi connectivity index (χ4v) is 5.08. The first-order chi connectivity index (χ1) is 12.5. The Balaban J connectivity index is 1.43. The number of amides is 2. The van der Waals surface area contributed by atoms with Crippen molar-refractivity contribution in [3.05, 3.63) is 51.6 Å². The normalized spacial score (nSPS) is 36.6. The summed E-state index contributed by atoms with van der Waals surface area (Å²) < 4.78 is 0. The molecule has 1 heterocycles. The second kappa shape index (κ2) is 5.09. The van der Waals surface area contributed by atoms with Crippen molar-refractivity contribution >= 4 is 23.7 Å². The average molecular weight is 351 g/mol. The first-order valence-electron chi connectivity index (χ1n) is 8.82. The van der Waals surface area contributed by atoms with E-state index < -0.39 is 4.92 Å². The summed E-state index contributed by atoms with van der Waals surface area (Å²) in [5, 5.41) is 16.1. The quantitative estimate of drug-likeness (QED) is 0.275. The summed E-state index contributed by atoms with van der Waals surface area (Å²) >= 11 is 0. The Labute approximate surface area is 149 Å². The summed E-state index contributed by atoms with van der Waals surface area (Å²) in [6.45, 7) is 1.66. The number of carbonyl (C=O) groups is 2. The fourth-order valence-electron chi connectivity index (χ4n) is 5.08. The average Bonchev–Trinajstić information content (AvgIpc) is 3.40. The standard InChI is InChI=1S/C19H17N3O4/c1-9-2-3-10(6-15(9)22(25)26)8-20-21-18(23)16-11-4-5-12(14-7-13(11)14)17(16)19(21)24/h2-6,8,11-14,16-17H,7H2,1H3/b20-8-/t11-,12-,13-,14+,16-,17+/m1/s1. The Hall–Kier alpha value is -2.83. The van der Waals surface area contributed by atoms with Gasteiger partial charge in [0.05, 0.1) is 23.0 Å². The number of nitrogens with zero attached hydrogens (tertiary/aromatic N) is 3. The summed E-state index contributed by atoms with van der Waals surface area (Å²) in [4.78, 5) is 36.2.